The molecule has 1 N–H and O–H groups in total. The summed E-state index contributed by atoms with van der Waals surface area (Å²) in [6.45, 7) is 4.13. The van der Waals surface area contributed by atoms with E-state index in [1.165, 1.54) is 12.3 Å². The monoisotopic (exact) mass is 395 g/mol. The number of ether oxygens (including phenoxy) is 1. The topological polar surface area (TPSA) is 54.5 Å². The number of carbonyl (C=O) groups is 1. The van der Waals surface area contributed by atoms with Gasteiger partial charge in [-0.3, -0.25) is 9.69 Å². The zero-order valence-corrected chi connectivity index (χ0v) is 15.9. The number of nitrogens with one attached hydrogen (secondary N) is 1. The third-order valence-corrected chi connectivity index (χ3v) is 4.19. The van der Waals surface area contributed by atoms with Crippen LogP contribution in [0, 0.1) is 0 Å². The molecule has 0 radical (unpaired) electrons. The molecule has 2 aromatic rings. The largest absolute Gasteiger partial charge is 0.468 e. The Morgan fingerprint density at radius 3 is 2.46 bits per heavy atom. The fourth-order valence-corrected chi connectivity index (χ4v) is 2.83. The molecule has 1 atom stereocenters. The number of benzene rings is 1. The van der Waals surface area contributed by atoms with Crippen LogP contribution in [0.15, 0.2) is 48.7 Å². The number of aromatic nitrogens is 1. The van der Waals surface area contributed by atoms with Crippen molar-refractivity contribution in [1.82, 2.24) is 15.2 Å². The standard InChI is InChI=1S/C20H24F3N3O2/c1-3-26(4-2)18(16-8-6-5-7-9-16)19(27)25-13-15-10-11-24-17(12-15)28-14-20(21,22)23/h5-12,18H,3-4,13-14H2,1-2H3,(H,25,27). The highest BCUT2D eigenvalue weighted by Crippen LogP contribution is 2.21. The summed E-state index contributed by atoms with van der Waals surface area (Å²) in [5.41, 5.74) is 1.49. The molecule has 0 saturated carbocycles. The second-order valence-corrected chi connectivity index (χ2v) is 6.16. The van der Waals surface area contributed by atoms with Crippen LogP contribution in [0.25, 0.3) is 0 Å². The molecule has 0 bridgehead atoms. The summed E-state index contributed by atoms with van der Waals surface area (Å²) in [6.07, 6.45) is -3.08. The molecule has 28 heavy (non-hydrogen) atoms. The van der Waals surface area contributed by atoms with Gasteiger partial charge in [0.1, 0.15) is 6.04 Å². The maximum absolute atomic E-state index is 12.9. The highest BCUT2D eigenvalue weighted by molar-refractivity contribution is 5.83. The molecule has 0 fully saturated rings. The predicted molar refractivity (Wildman–Crippen MR) is 99.7 cm³/mol. The van der Waals surface area contributed by atoms with E-state index < -0.39 is 18.8 Å². The van der Waals surface area contributed by atoms with Gasteiger partial charge in [-0.05, 0) is 30.3 Å². The van der Waals surface area contributed by atoms with Gasteiger partial charge in [-0.1, -0.05) is 44.2 Å². The lowest BCUT2D eigenvalue weighted by atomic mass is 10.0. The fourth-order valence-electron chi connectivity index (χ4n) is 2.83. The Balaban J connectivity index is 2.06. The lowest BCUT2D eigenvalue weighted by Gasteiger charge is -2.29. The first-order valence-corrected chi connectivity index (χ1v) is 9.05. The second kappa shape index (κ2) is 10.1. The van der Waals surface area contributed by atoms with Gasteiger partial charge >= 0.3 is 6.18 Å². The minimum absolute atomic E-state index is 0.132. The first kappa shape index (κ1) is 21.7. The van der Waals surface area contributed by atoms with Crippen LogP contribution >= 0.6 is 0 Å². The van der Waals surface area contributed by atoms with Gasteiger partial charge in [0.05, 0.1) is 0 Å². The Hall–Kier alpha value is -2.61. The van der Waals surface area contributed by atoms with Gasteiger partial charge in [-0.15, -0.1) is 0 Å². The summed E-state index contributed by atoms with van der Waals surface area (Å²) in [4.78, 5) is 18.7. The molecule has 0 spiro atoms. The zero-order valence-electron chi connectivity index (χ0n) is 15.9. The Morgan fingerprint density at radius 2 is 1.86 bits per heavy atom. The highest BCUT2D eigenvalue weighted by atomic mass is 19.4. The van der Waals surface area contributed by atoms with Crippen LogP contribution in [0.2, 0.25) is 0 Å². The van der Waals surface area contributed by atoms with Gasteiger partial charge in [-0.2, -0.15) is 13.2 Å². The summed E-state index contributed by atoms with van der Waals surface area (Å²) in [5.74, 6) is -0.308. The number of pyridine rings is 1. The molecular formula is C20H24F3N3O2. The van der Waals surface area contributed by atoms with E-state index in [1.807, 2.05) is 49.1 Å². The van der Waals surface area contributed by atoms with Gasteiger partial charge in [-0.25, -0.2) is 4.98 Å². The van der Waals surface area contributed by atoms with Crippen molar-refractivity contribution >= 4 is 5.91 Å². The lowest BCUT2D eigenvalue weighted by molar-refractivity contribution is -0.154. The van der Waals surface area contributed by atoms with E-state index in [0.29, 0.717) is 18.7 Å². The van der Waals surface area contributed by atoms with Crippen molar-refractivity contribution < 1.29 is 22.7 Å². The molecular weight excluding hydrogens is 371 g/mol. The summed E-state index contributed by atoms with van der Waals surface area (Å²) >= 11 is 0. The van der Waals surface area contributed by atoms with Crippen molar-refractivity contribution in [2.24, 2.45) is 0 Å². The number of hydrogen-bond acceptors (Lipinski definition) is 4. The molecule has 2 rings (SSSR count). The van der Waals surface area contributed by atoms with E-state index in [4.69, 9.17) is 0 Å². The molecule has 1 aromatic carbocycles. The Bertz CT molecular complexity index is 750. The first-order valence-electron chi connectivity index (χ1n) is 9.05. The number of carbonyl (C=O) groups excluding carboxylic acids is 1. The Kier molecular flexibility index (Phi) is 7.80. The van der Waals surface area contributed by atoms with Crippen LogP contribution in [-0.2, 0) is 11.3 Å². The molecule has 152 valence electrons. The van der Waals surface area contributed by atoms with E-state index in [1.54, 1.807) is 6.07 Å². The van der Waals surface area contributed by atoms with Crippen LogP contribution in [0.5, 0.6) is 5.88 Å². The van der Waals surface area contributed by atoms with E-state index >= 15 is 0 Å². The minimum atomic E-state index is -4.43. The van der Waals surface area contributed by atoms with E-state index in [2.05, 4.69) is 15.0 Å². The molecule has 0 aliphatic heterocycles. The number of amides is 1. The summed E-state index contributed by atoms with van der Waals surface area (Å²) < 4.78 is 41.5. The minimum Gasteiger partial charge on any atom is -0.468 e. The van der Waals surface area contributed by atoms with Crippen molar-refractivity contribution in [3.8, 4) is 5.88 Å². The van der Waals surface area contributed by atoms with Crippen molar-refractivity contribution in [2.45, 2.75) is 32.6 Å². The van der Waals surface area contributed by atoms with Gasteiger partial charge in [0.15, 0.2) is 6.61 Å². The third kappa shape index (κ3) is 6.53. The smallest absolute Gasteiger partial charge is 0.422 e. The number of nitrogens with zero attached hydrogens (tertiary/aromatic N) is 2. The van der Waals surface area contributed by atoms with Gasteiger partial charge in [0, 0.05) is 18.8 Å². The van der Waals surface area contributed by atoms with Crippen molar-refractivity contribution in [2.75, 3.05) is 19.7 Å². The molecule has 1 unspecified atom stereocenters. The normalized spacial score (nSPS) is 12.6. The van der Waals surface area contributed by atoms with Gasteiger partial charge in [0.25, 0.3) is 0 Å². The molecule has 5 nitrogen and oxygen atoms in total. The van der Waals surface area contributed by atoms with E-state index in [-0.39, 0.29) is 18.3 Å². The van der Waals surface area contributed by atoms with Gasteiger partial charge in [0.2, 0.25) is 11.8 Å². The SMILES string of the molecule is CCN(CC)C(C(=O)NCc1ccnc(OCC(F)(F)F)c1)c1ccccc1. The summed E-state index contributed by atoms with van der Waals surface area (Å²) in [5, 5.41) is 2.86. The van der Waals surface area contributed by atoms with Crippen molar-refractivity contribution in [3.63, 3.8) is 0 Å². The van der Waals surface area contributed by atoms with Crippen molar-refractivity contribution in [3.05, 3.63) is 59.8 Å². The average Bonchev–Trinajstić information content (AvgIpc) is 2.69. The summed E-state index contributed by atoms with van der Waals surface area (Å²) in [7, 11) is 0. The van der Waals surface area contributed by atoms with E-state index in [0.717, 1.165) is 5.56 Å². The fraction of sp³-hybridized carbons (Fsp3) is 0.400. The molecule has 0 aliphatic carbocycles. The second-order valence-electron chi connectivity index (χ2n) is 6.16. The molecule has 1 aromatic heterocycles. The summed E-state index contributed by atoms with van der Waals surface area (Å²) in [6, 6.07) is 12.0. The number of likely N-dealkylation sites (N-methyl/N-ethyl adjacent to an activating group) is 1. The predicted octanol–water partition coefficient (Wildman–Crippen LogP) is 3.72. The first-order chi connectivity index (χ1) is 13.3. The maximum Gasteiger partial charge on any atom is 0.422 e. The Labute approximate surface area is 162 Å². The van der Waals surface area contributed by atoms with Crippen LogP contribution in [0.3, 0.4) is 0 Å². The molecule has 0 aliphatic rings. The van der Waals surface area contributed by atoms with Crippen LogP contribution < -0.4 is 10.1 Å². The maximum atomic E-state index is 12.9. The van der Waals surface area contributed by atoms with Gasteiger partial charge < -0.3 is 10.1 Å². The quantitative estimate of drug-likeness (QED) is 0.703. The molecule has 1 heterocycles. The van der Waals surface area contributed by atoms with Crippen LogP contribution in [-0.4, -0.2) is 41.7 Å². The number of halogens is 3. The Morgan fingerprint density at radius 1 is 1.18 bits per heavy atom. The number of hydrogen-bond donors (Lipinski definition) is 1. The zero-order chi connectivity index (χ0) is 20.6. The van der Waals surface area contributed by atoms with E-state index in [9.17, 15) is 18.0 Å². The molecule has 8 heteroatoms. The molecule has 0 saturated heterocycles. The highest BCUT2D eigenvalue weighted by Gasteiger charge is 2.29. The lowest BCUT2D eigenvalue weighted by Crippen LogP contribution is -2.40. The van der Waals surface area contributed by atoms with Crippen LogP contribution in [0.4, 0.5) is 13.2 Å². The van der Waals surface area contributed by atoms with Crippen molar-refractivity contribution in [1.29, 1.82) is 0 Å². The third-order valence-electron chi connectivity index (χ3n) is 4.19. The number of alkyl halides is 3. The number of rotatable bonds is 9. The average molecular weight is 395 g/mol. The molecule has 1 amide bonds. The van der Waals surface area contributed by atoms with Crippen LogP contribution in [0.1, 0.15) is 31.0 Å².